The van der Waals surface area contributed by atoms with Gasteiger partial charge >= 0.3 is 0 Å². The van der Waals surface area contributed by atoms with Gasteiger partial charge in [-0.1, -0.05) is 12.1 Å². The lowest BCUT2D eigenvalue weighted by molar-refractivity contribution is -0.113. The first-order valence-corrected chi connectivity index (χ1v) is 8.58. The van der Waals surface area contributed by atoms with Gasteiger partial charge in [-0.15, -0.1) is 0 Å². The number of thiocarbonyl (C=S) groups is 1. The van der Waals surface area contributed by atoms with Crippen molar-refractivity contribution in [3.8, 4) is 11.8 Å². The third kappa shape index (κ3) is 4.13. The monoisotopic (exact) mass is 381 g/mol. The maximum atomic E-state index is 13.3. The number of hydrogen-bond donors (Lipinski definition) is 2. The Bertz CT molecular complexity index is 947. The Morgan fingerprint density at radius 3 is 2.48 bits per heavy atom. The molecule has 0 spiro atoms. The van der Waals surface area contributed by atoms with Crippen LogP contribution in [0, 0.1) is 17.1 Å². The first kappa shape index (κ1) is 18.5. The van der Waals surface area contributed by atoms with Gasteiger partial charge in [0.1, 0.15) is 17.6 Å². The highest BCUT2D eigenvalue weighted by molar-refractivity contribution is 7.80. The fourth-order valence-corrected chi connectivity index (χ4v) is 3.13. The molecule has 0 fully saturated rings. The van der Waals surface area contributed by atoms with E-state index < -0.39 is 6.04 Å². The average Bonchev–Trinajstić information content (AvgIpc) is 2.66. The number of hydrogen-bond acceptors (Lipinski definition) is 4. The summed E-state index contributed by atoms with van der Waals surface area (Å²) in [7, 11) is 0. The SMILES string of the molecule is CC(=O)C1=C(c2ccc(F)cc2)NC(=S)N[C@@H]1c1ccc(OCC#N)cc1. The van der Waals surface area contributed by atoms with Crippen LogP contribution in [0.4, 0.5) is 4.39 Å². The summed E-state index contributed by atoms with van der Waals surface area (Å²) in [5.41, 5.74) is 2.54. The smallest absolute Gasteiger partial charge is 0.174 e. The summed E-state index contributed by atoms with van der Waals surface area (Å²) in [5.74, 6) is 0.0697. The van der Waals surface area contributed by atoms with Crippen molar-refractivity contribution in [3.63, 3.8) is 0 Å². The van der Waals surface area contributed by atoms with E-state index in [1.54, 1.807) is 24.3 Å². The van der Waals surface area contributed by atoms with Gasteiger partial charge in [0.25, 0.3) is 0 Å². The molecular weight excluding hydrogens is 365 g/mol. The summed E-state index contributed by atoms with van der Waals surface area (Å²) in [6.45, 7) is 1.44. The van der Waals surface area contributed by atoms with E-state index >= 15 is 0 Å². The zero-order valence-corrected chi connectivity index (χ0v) is 15.3. The van der Waals surface area contributed by atoms with Crippen LogP contribution < -0.4 is 15.4 Å². The van der Waals surface area contributed by atoms with E-state index in [1.165, 1.54) is 19.1 Å². The molecule has 5 nitrogen and oxygen atoms in total. The van der Waals surface area contributed by atoms with Gasteiger partial charge in [-0.25, -0.2) is 4.39 Å². The number of ketones is 1. The van der Waals surface area contributed by atoms with Gasteiger partial charge in [0.05, 0.1) is 11.7 Å². The fraction of sp³-hybridized carbons (Fsp3) is 0.150. The predicted molar refractivity (Wildman–Crippen MR) is 103 cm³/mol. The summed E-state index contributed by atoms with van der Waals surface area (Å²) < 4.78 is 18.5. The van der Waals surface area contributed by atoms with Crippen LogP contribution in [0.15, 0.2) is 54.1 Å². The second-order valence-electron chi connectivity index (χ2n) is 5.90. The second-order valence-corrected chi connectivity index (χ2v) is 6.31. The predicted octanol–water partition coefficient (Wildman–Crippen LogP) is 3.25. The van der Waals surface area contributed by atoms with Gasteiger partial charge in [0.2, 0.25) is 0 Å². The molecule has 2 aromatic carbocycles. The molecule has 0 aromatic heterocycles. The highest BCUT2D eigenvalue weighted by Gasteiger charge is 2.30. The second kappa shape index (κ2) is 7.98. The van der Waals surface area contributed by atoms with Gasteiger partial charge in [-0.05, 0) is 66.7 Å². The van der Waals surface area contributed by atoms with Crippen molar-refractivity contribution >= 4 is 28.8 Å². The number of carbonyl (C=O) groups excluding carboxylic acids is 1. The van der Waals surface area contributed by atoms with E-state index in [1.807, 2.05) is 18.2 Å². The molecule has 0 radical (unpaired) electrons. The molecule has 7 heteroatoms. The first-order valence-electron chi connectivity index (χ1n) is 8.18. The molecule has 136 valence electrons. The Kier molecular flexibility index (Phi) is 5.48. The normalized spacial score (nSPS) is 16.2. The molecule has 0 unspecified atom stereocenters. The Morgan fingerprint density at radius 1 is 1.22 bits per heavy atom. The van der Waals surface area contributed by atoms with E-state index in [9.17, 15) is 9.18 Å². The van der Waals surface area contributed by atoms with Crippen LogP contribution in [0.1, 0.15) is 24.1 Å². The van der Waals surface area contributed by atoms with Crippen LogP contribution in [-0.2, 0) is 4.79 Å². The Labute approximate surface area is 161 Å². The Morgan fingerprint density at radius 2 is 1.89 bits per heavy atom. The minimum absolute atomic E-state index is 0.0393. The molecule has 3 rings (SSSR count). The number of nitrogens with one attached hydrogen (secondary N) is 2. The number of ether oxygens (including phenoxy) is 1. The van der Waals surface area contributed by atoms with Crippen LogP contribution in [-0.4, -0.2) is 17.5 Å². The average molecular weight is 381 g/mol. The number of rotatable bonds is 5. The first-order chi connectivity index (χ1) is 13.0. The lowest BCUT2D eigenvalue weighted by Gasteiger charge is -2.31. The molecule has 1 atom stereocenters. The molecule has 2 N–H and O–H groups in total. The summed E-state index contributed by atoms with van der Waals surface area (Å²) in [6, 6.07) is 14.4. The van der Waals surface area contributed by atoms with Gasteiger partial charge in [0, 0.05) is 5.57 Å². The van der Waals surface area contributed by atoms with Gasteiger partial charge in [0.15, 0.2) is 17.5 Å². The summed E-state index contributed by atoms with van der Waals surface area (Å²) in [4.78, 5) is 12.4. The van der Waals surface area contributed by atoms with Gasteiger partial charge in [-0.2, -0.15) is 5.26 Å². The molecule has 1 aliphatic rings. The van der Waals surface area contributed by atoms with Crippen LogP contribution >= 0.6 is 12.2 Å². The van der Waals surface area contributed by atoms with E-state index in [4.69, 9.17) is 22.2 Å². The third-order valence-corrected chi connectivity index (χ3v) is 4.32. The molecule has 0 saturated heterocycles. The Balaban J connectivity index is 2.03. The number of nitriles is 1. The highest BCUT2D eigenvalue weighted by Crippen LogP contribution is 2.32. The molecule has 0 bridgehead atoms. The molecule has 2 aromatic rings. The number of nitrogens with zero attached hydrogens (tertiary/aromatic N) is 1. The van der Waals surface area contributed by atoms with Crippen molar-refractivity contribution in [2.75, 3.05) is 6.61 Å². The van der Waals surface area contributed by atoms with Crippen molar-refractivity contribution in [3.05, 3.63) is 71.0 Å². The van der Waals surface area contributed by atoms with Gasteiger partial charge < -0.3 is 15.4 Å². The standard InChI is InChI=1S/C20H16FN3O2S/c1-12(25)17-18(13-2-6-15(21)7-3-13)23-20(27)24-19(17)14-4-8-16(9-5-14)26-11-10-22/h2-9,19H,11H2,1H3,(H2,23,24,27)/t19-/m1/s1. The molecule has 0 amide bonds. The largest absolute Gasteiger partial charge is 0.479 e. The van der Waals surface area contributed by atoms with E-state index in [2.05, 4.69) is 10.6 Å². The topological polar surface area (TPSA) is 74.2 Å². The number of carbonyl (C=O) groups is 1. The van der Waals surface area contributed by atoms with Gasteiger partial charge in [-0.3, -0.25) is 4.79 Å². The number of halogens is 1. The minimum atomic E-state index is -0.457. The quantitative estimate of drug-likeness (QED) is 0.775. The number of benzene rings is 2. The molecule has 1 aliphatic heterocycles. The van der Waals surface area contributed by atoms with E-state index in [-0.39, 0.29) is 18.2 Å². The molecular formula is C20H16FN3O2S. The summed E-state index contributed by atoms with van der Waals surface area (Å²) >= 11 is 5.31. The van der Waals surface area contributed by atoms with Crippen molar-refractivity contribution in [1.29, 1.82) is 5.26 Å². The lowest BCUT2D eigenvalue weighted by Crippen LogP contribution is -2.44. The lowest BCUT2D eigenvalue weighted by atomic mass is 9.90. The zero-order chi connectivity index (χ0) is 19.4. The fourth-order valence-electron chi connectivity index (χ4n) is 2.91. The highest BCUT2D eigenvalue weighted by atomic mass is 32.1. The van der Waals surface area contributed by atoms with Crippen molar-refractivity contribution in [1.82, 2.24) is 10.6 Å². The van der Waals surface area contributed by atoms with Crippen LogP contribution in [0.3, 0.4) is 0 Å². The zero-order valence-electron chi connectivity index (χ0n) is 14.5. The maximum Gasteiger partial charge on any atom is 0.174 e. The molecule has 0 aliphatic carbocycles. The molecule has 0 saturated carbocycles. The maximum absolute atomic E-state index is 13.3. The third-order valence-electron chi connectivity index (χ3n) is 4.10. The Hall–Kier alpha value is -3.24. The van der Waals surface area contributed by atoms with Crippen molar-refractivity contribution in [2.45, 2.75) is 13.0 Å². The van der Waals surface area contributed by atoms with Crippen LogP contribution in [0.25, 0.3) is 5.70 Å². The van der Waals surface area contributed by atoms with Crippen molar-refractivity contribution in [2.24, 2.45) is 0 Å². The summed E-state index contributed by atoms with van der Waals surface area (Å²) in [5, 5.41) is 15.1. The minimum Gasteiger partial charge on any atom is -0.479 e. The molecule has 27 heavy (non-hydrogen) atoms. The summed E-state index contributed by atoms with van der Waals surface area (Å²) in [6.07, 6.45) is 0. The molecule has 1 heterocycles. The van der Waals surface area contributed by atoms with E-state index in [0.29, 0.717) is 27.7 Å². The van der Waals surface area contributed by atoms with Crippen LogP contribution in [0.5, 0.6) is 5.75 Å². The number of Topliss-reactive ketones (excluding diaryl/α,β-unsaturated/α-hetero) is 1. The van der Waals surface area contributed by atoms with Crippen LogP contribution in [0.2, 0.25) is 0 Å². The van der Waals surface area contributed by atoms with E-state index in [0.717, 1.165) is 5.56 Å². The van der Waals surface area contributed by atoms with Crippen molar-refractivity contribution < 1.29 is 13.9 Å².